The van der Waals surface area contributed by atoms with E-state index in [1.165, 1.54) is 6.92 Å². The molecule has 1 atom stereocenters. The largest absolute Gasteiger partial charge is 0.449 e. The summed E-state index contributed by atoms with van der Waals surface area (Å²) in [6.45, 7) is 4.96. The molecule has 11 heteroatoms. The van der Waals surface area contributed by atoms with Crippen molar-refractivity contribution in [3.8, 4) is 11.1 Å². The molecule has 1 unspecified atom stereocenters. The standard InChI is InChI=1S/C35H47N3O8.CH4/c1-24(39)15-16-30(38-34(41)42-19-29-27-11-5-3-9-25(27)26-10-4-6-12-28(26)29)33(40)37-18-8-14-32-45-22-35(23-46-32)20-43-31(44-21-35)13-7-17-36-2;/h3-6,9-12,29-32,36H,7-8,13-23H2,1-2H3,(H,37,40)(H,38,41);1H4. The number of fused-ring (bicyclic) bond motifs is 3. The van der Waals surface area contributed by atoms with Crippen LogP contribution in [0.15, 0.2) is 48.5 Å². The van der Waals surface area contributed by atoms with E-state index in [0.29, 0.717) is 45.8 Å². The van der Waals surface area contributed by atoms with Crippen LogP contribution in [0.5, 0.6) is 0 Å². The number of ketones is 1. The second kappa shape index (κ2) is 17.7. The molecule has 2 aromatic carbocycles. The van der Waals surface area contributed by atoms with Crippen molar-refractivity contribution >= 4 is 17.8 Å². The van der Waals surface area contributed by atoms with Gasteiger partial charge in [-0.05, 0) is 68.5 Å². The number of carbonyl (C=O) groups is 3. The van der Waals surface area contributed by atoms with E-state index in [1.807, 2.05) is 43.4 Å². The van der Waals surface area contributed by atoms with Gasteiger partial charge in [0.05, 0.1) is 31.8 Å². The third kappa shape index (κ3) is 9.84. The lowest BCUT2D eigenvalue weighted by Gasteiger charge is -2.43. The third-order valence-corrected chi connectivity index (χ3v) is 8.82. The van der Waals surface area contributed by atoms with Crippen molar-refractivity contribution in [2.45, 2.75) is 77.4 Å². The van der Waals surface area contributed by atoms with Crippen molar-refractivity contribution in [2.24, 2.45) is 5.41 Å². The number of amides is 2. The minimum absolute atomic E-state index is 0. The molecule has 1 spiro atoms. The molecule has 3 N–H and O–H groups in total. The van der Waals surface area contributed by atoms with Crippen LogP contribution < -0.4 is 16.0 Å². The van der Waals surface area contributed by atoms with E-state index in [2.05, 4.69) is 28.1 Å². The van der Waals surface area contributed by atoms with Crippen LogP contribution in [0.4, 0.5) is 4.79 Å². The summed E-state index contributed by atoms with van der Waals surface area (Å²) in [7, 11) is 1.93. The predicted octanol–water partition coefficient (Wildman–Crippen LogP) is 4.53. The lowest BCUT2D eigenvalue weighted by atomic mass is 9.90. The van der Waals surface area contributed by atoms with Crippen molar-refractivity contribution in [2.75, 3.05) is 53.2 Å². The van der Waals surface area contributed by atoms with Gasteiger partial charge in [-0.15, -0.1) is 0 Å². The number of benzene rings is 2. The number of rotatable bonds is 15. The average Bonchev–Trinajstić information content (AvgIpc) is 3.39. The minimum atomic E-state index is -0.894. The van der Waals surface area contributed by atoms with Crippen molar-refractivity contribution in [3.63, 3.8) is 0 Å². The Kier molecular flexibility index (Phi) is 13.7. The zero-order valence-electron chi connectivity index (χ0n) is 26.9. The SMILES string of the molecule is C.CNCCCC1OCC2(CO1)COC(CCCNC(=O)C(CCC(C)=O)NC(=O)OCC1c3ccccc3-c3ccccc31)OC2. The molecule has 258 valence electrons. The molecule has 1 aliphatic carbocycles. The summed E-state index contributed by atoms with van der Waals surface area (Å²) in [6, 6.07) is 15.3. The van der Waals surface area contributed by atoms with Crippen LogP contribution in [-0.4, -0.2) is 89.6 Å². The Morgan fingerprint density at radius 3 is 1.91 bits per heavy atom. The highest BCUT2D eigenvalue weighted by molar-refractivity contribution is 5.86. The fourth-order valence-corrected chi connectivity index (χ4v) is 6.21. The topological polar surface area (TPSA) is 133 Å². The van der Waals surface area contributed by atoms with E-state index in [1.54, 1.807) is 0 Å². The highest BCUT2D eigenvalue weighted by atomic mass is 16.7. The number of hydrogen-bond donors (Lipinski definition) is 3. The first-order valence-corrected chi connectivity index (χ1v) is 16.4. The Labute approximate surface area is 278 Å². The fourth-order valence-electron chi connectivity index (χ4n) is 6.21. The molecule has 2 aromatic rings. The van der Waals surface area contributed by atoms with Gasteiger partial charge in [0.15, 0.2) is 12.6 Å². The van der Waals surface area contributed by atoms with Crippen molar-refractivity contribution < 1.29 is 38.1 Å². The highest BCUT2D eigenvalue weighted by Gasteiger charge is 2.41. The van der Waals surface area contributed by atoms with Gasteiger partial charge in [-0.25, -0.2) is 4.79 Å². The summed E-state index contributed by atoms with van der Waals surface area (Å²) in [5.74, 6) is -0.514. The first-order valence-electron chi connectivity index (χ1n) is 16.4. The molecular formula is C36H51N3O8. The maximum atomic E-state index is 13.1. The molecule has 2 saturated heterocycles. The summed E-state index contributed by atoms with van der Waals surface area (Å²) in [4.78, 5) is 37.6. The normalized spacial score (nSPS) is 22.4. The number of nitrogens with one attached hydrogen (secondary N) is 3. The third-order valence-electron chi connectivity index (χ3n) is 8.82. The van der Waals surface area contributed by atoms with Gasteiger partial charge in [-0.3, -0.25) is 4.79 Å². The van der Waals surface area contributed by atoms with E-state index in [4.69, 9.17) is 23.7 Å². The van der Waals surface area contributed by atoms with E-state index in [0.717, 1.165) is 41.6 Å². The van der Waals surface area contributed by atoms with Crippen LogP contribution in [0.1, 0.15) is 69.9 Å². The summed E-state index contributed by atoms with van der Waals surface area (Å²) in [5.41, 5.74) is 4.19. The molecular weight excluding hydrogens is 602 g/mol. The Bertz CT molecular complexity index is 1270. The molecule has 0 radical (unpaired) electrons. The lowest BCUT2D eigenvalue weighted by Crippen LogP contribution is -2.52. The number of alkyl carbamates (subject to hydrolysis) is 1. The zero-order chi connectivity index (χ0) is 32.4. The van der Waals surface area contributed by atoms with Crippen molar-refractivity contribution in [1.82, 2.24) is 16.0 Å². The summed E-state index contributed by atoms with van der Waals surface area (Å²) < 4.78 is 29.4. The van der Waals surface area contributed by atoms with E-state index < -0.39 is 12.1 Å². The lowest BCUT2D eigenvalue weighted by molar-refractivity contribution is -0.304. The van der Waals surface area contributed by atoms with E-state index in [-0.39, 0.29) is 62.5 Å². The molecule has 2 heterocycles. The summed E-state index contributed by atoms with van der Waals surface area (Å²) in [6.07, 6.45) is 2.16. The molecule has 5 rings (SSSR count). The molecule has 11 nitrogen and oxygen atoms in total. The Morgan fingerprint density at radius 2 is 1.38 bits per heavy atom. The van der Waals surface area contributed by atoms with Gasteiger partial charge in [0.2, 0.25) is 5.91 Å². The van der Waals surface area contributed by atoms with Crippen molar-refractivity contribution in [1.29, 1.82) is 0 Å². The molecule has 2 aliphatic heterocycles. The number of carbonyl (C=O) groups excluding carboxylic acids is 3. The summed E-state index contributed by atoms with van der Waals surface area (Å²) >= 11 is 0. The van der Waals surface area contributed by atoms with E-state index in [9.17, 15) is 14.4 Å². The number of ether oxygens (including phenoxy) is 5. The van der Waals surface area contributed by atoms with Crippen molar-refractivity contribution in [3.05, 3.63) is 59.7 Å². The van der Waals surface area contributed by atoms with Gasteiger partial charge in [0, 0.05) is 25.3 Å². The van der Waals surface area contributed by atoms with Crippen LogP contribution in [0.2, 0.25) is 0 Å². The first-order chi connectivity index (χ1) is 22.4. The van der Waals surface area contributed by atoms with Gasteiger partial charge in [0.1, 0.15) is 18.4 Å². The smallest absolute Gasteiger partial charge is 0.407 e. The number of hydrogen-bond acceptors (Lipinski definition) is 9. The summed E-state index contributed by atoms with van der Waals surface area (Å²) in [5, 5.41) is 8.69. The van der Waals surface area contributed by atoms with Crippen LogP contribution in [0.25, 0.3) is 11.1 Å². The predicted molar refractivity (Wildman–Crippen MR) is 178 cm³/mol. The van der Waals surface area contributed by atoms with Crippen LogP contribution in [0, 0.1) is 5.41 Å². The molecule has 47 heavy (non-hydrogen) atoms. The maximum Gasteiger partial charge on any atom is 0.407 e. The van der Waals surface area contributed by atoms with Crippen LogP contribution in [-0.2, 0) is 33.3 Å². The van der Waals surface area contributed by atoms with Gasteiger partial charge in [-0.1, -0.05) is 56.0 Å². The van der Waals surface area contributed by atoms with E-state index >= 15 is 0 Å². The molecule has 0 saturated carbocycles. The fraction of sp³-hybridized carbons (Fsp3) is 0.583. The average molecular weight is 654 g/mol. The maximum absolute atomic E-state index is 13.1. The Morgan fingerprint density at radius 1 is 0.851 bits per heavy atom. The van der Waals surface area contributed by atoms with Gasteiger partial charge in [0.25, 0.3) is 0 Å². The van der Waals surface area contributed by atoms with Gasteiger partial charge < -0.3 is 44.4 Å². The second-order valence-corrected chi connectivity index (χ2v) is 12.5. The number of Topliss-reactive ketones (excluding diaryl/α,β-unsaturated/α-hetero) is 1. The molecule has 2 amide bonds. The molecule has 3 aliphatic rings. The Balaban J connectivity index is 0.00000500. The molecule has 2 fully saturated rings. The first kappa shape index (κ1) is 36.5. The van der Waals surface area contributed by atoms with Gasteiger partial charge in [-0.2, -0.15) is 0 Å². The second-order valence-electron chi connectivity index (χ2n) is 12.5. The highest BCUT2D eigenvalue weighted by Crippen LogP contribution is 2.44. The molecule has 0 bridgehead atoms. The zero-order valence-corrected chi connectivity index (χ0v) is 26.9. The van der Waals surface area contributed by atoms with Gasteiger partial charge >= 0.3 is 6.09 Å². The molecule has 0 aromatic heterocycles. The van der Waals surface area contributed by atoms with Crippen LogP contribution in [0.3, 0.4) is 0 Å². The Hall–Kier alpha value is -3.35. The monoisotopic (exact) mass is 653 g/mol. The quantitative estimate of drug-likeness (QED) is 0.237. The minimum Gasteiger partial charge on any atom is -0.449 e. The van der Waals surface area contributed by atoms with Crippen LogP contribution >= 0.6 is 0 Å².